The number of benzene rings is 2. The van der Waals surface area contributed by atoms with Crippen LogP contribution in [-0.4, -0.2) is 56.3 Å². The van der Waals surface area contributed by atoms with Crippen LogP contribution in [0.1, 0.15) is 12.8 Å². The molecule has 0 saturated carbocycles. The number of hydrogen-bond acceptors (Lipinski definition) is 4. The van der Waals surface area contributed by atoms with Crippen molar-refractivity contribution >= 4 is 31.9 Å². The van der Waals surface area contributed by atoms with E-state index in [-0.39, 0.29) is 23.9 Å². The van der Waals surface area contributed by atoms with Crippen LogP contribution in [0.3, 0.4) is 0 Å². The summed E-state index contributed by atoms with van der Waals surface area (Å²) in [6.45, 7) is 1.30. The largest absolute Gasteiger partial charge is 0.494 e. The lowest BCUT2D eigenvalue weighted by Crippen LogP contribution is -2.50. The van der Waals surface area contributed by atoms with E-state index >= 15 is 0 Å². The van der Waals surface area contributed by atoms with Crippen LogP contribution >= 0.6 is 15.9 Å². The van der Waals surface area contributed by atoms with Gasteiger partial charge < -0.3 is 9.64 Å². The van der Waals surface area contributed by atoms with Gasteiger partial charge in [0.15, 0.2) is 0 Å². The summed E-state index contributed by atoms with van der Waals surface area (Å²) in [7, 11) is -3.90. The Labute approximate surface area is 178 Å². The maximum atomic E-state index is 13.9. The van der Waals surface area contributed by atoms with Gasteiger partial charge in [-0.05, 0) is 36.8 Å². The van der Waals surface area contributed by atoms with Crippen LogP contribution in [0.5, 0.6) is 5.75 Å². The third-order valence-corrected chi connectivity index (χ3v) is 7.07. The molecule has 0 spiro atoms. The third kappa shape index (κ3) is 5.55. The molecule has 0 unspecified atom stereocenters. The second kappa shape index (κ2) is 9.69. The predicted octanol–water partition coefficient (Wildman–Crippen LogP) is 3.28. The zero-order chi connectivity index (χ0) is 20.9. The molecule has 0 aliphatic carbocycles. The lowest BCUT2D eigenvalue weighted by Gasteiger charge is -2.34. The summed E-state index contributed by atoms with van der Waals surface area (Å²) in [6.07, 6.45) is 0.896. The molecule has 0 bridgehead atoms. The SMILES string of the molecule is O=C(CCCOc1cccc(Br)c1)N1CCN(S(=O)(=O)c2ccccc2F)CC1. The molecular weight excluding hydrogens is 463 g/mol. The van der Waals surface area contributed by atoms with E-state index in [1.54, 1.807) is 4.90 Å². The van der Waals surface area contributed by atoms with Crippen LogP contribution in [0.4, 0.5) is 4.39 Å². The van der Waals surface area contributed by atoms with Gasteiger partial charge in [0.25, 0.3) is 0 Å². The van der Waals surface area contributed by atoms with Crippen molar-refractivity contribution in [3.8, 4) is 5.75 Å². The Kier molecular flexibility index (Phi) is 7.26. The van der Waals surface area contributed by atoms with E-state index < -0.39 is 15.8 Å². The molecule has 1 saturated heterocycles. The first-order chi connectivity index (χ1) is 13.9. The van der Waals surface area contributed by atoms with E-state index in [1.807, 2.05) is 24.3 Å². The van der Waals surface area contributed by atoms with Crippen LogP contribution in [0.2, 0.25) is 0 Å². The van der Waals surface area contributed by atoms with Crippen LogP contribution in [-0.2, 0) is 14.8 Å². The highest BCUT2D eigenvalue weighted by atomic mass is 79.9. The number of amides is 1. The first kappa shape index (κ1) is 21.7. The Morgan fingerprint density at radius 3 is 2.48 bits per heavy atom. The average molecular weight is 485 g/mol. The van der Waals surface area contributed by atoms with Gasteiger partial charge in [-0.3, -0.25) is 4.79 Å². The molecule has 2 aromatic carbocycles. The molecule has 156 valence electrons. The highest BCUT2D eigenvalue weighted by molar-refractivity contribution is 9.10. The van der Waals surface area contributed by atoms with Gasteiger partial charge in [0.05, 0.1) is 6.61 Å². The first-order valence-corrected chi connectivity index (χ1v) is 11.5. The van der Waals surface area contributed by atoms with E-state index in [2.05, 4.69) is 15.9 Å². The van der Waals surface area contributed by atoms with Gasteiger partial charge in [0, 0.05) is 37.1 Å². The zero-order valence-electron chi connectivity index (χ0n) is 15.8. The molecule has 1 fully saturated rings. The molecule has 0 N–H and O–H groups in total. The molecule has 9 heteroatoms. The lowest BCUT2D eigenvalue weighted by atomic mass is 10.2. The number of sulfonamides is 1. The van der Waals surface area contributed by atoms with Gasteiger partial charge in [-0.15, -0.1) is 0 Å². The second-order valence-corrected chi connectivity index (χ2v) is 9.45. The predicted molar refractivity (Wildman–Crippen MR) is 111 cm³/mol. The number of rotatable bonds is 7. The Morgan fingerprint density at radius 1 is 1.07 bits per heavy atom. The number of ether oxygens (including phenoxy) is 1. The monoisotopic (exact) mass is 484 g/mol. The molecule has 2 aromatic rings. The van der Waals surface area contributed by atoms with Crippen molar-refractivity contribution in [2.24, 2.45) is 0 Å². The summed E-state index contributed by atoms with van der Waals surface area (Å²) < 4.78 is 46.9. The van der Waals surface area contributed by atoms with Crippen LogP contribution in [0.25, 0.3) is 0 Å². The molecular formula is C20H22BrFN2O4S. The van der Waals surface area contributed by atoms with Gasteiger partial charge in [0.1, 0.15) is 16.5 Å². The van der Waals surface area contributed by atoms with Crippen LogP contribution in [0, 0.1) is 5.82 Å². The van der Waals surface area contributed by atoms with Crippen LogP contribution < -0.4 is 4.74 Å². The number of carbonyl (C=O) groups is 1. The maximum Gasteiger partial charge on any atom is 0.246 e. The number of nitrogens with zero attached hydrogens (tertiary/aromatic N) is 2. The number of piperazine rings is 1. The van der Waals surface area contributed by atoms with E-state index in [0.29, 0.717) is 32.5 Å². The Balaban J connectivity index is 1.45. The van der Waals surface area contributed by atoms with Crippen molar-refractivity contribution in [1.29, 1.82) is 0 Å². The molecule has 1 heterocycles. The standard InChI is InChI=1S/C20H22BrFN2O4S/c21-16-5-3-6-17(15-16)28-14-4-9-20(25)23-10-12-24(13-11-23)29(26,27)19-8-2-1-7-18(19)22/h1-3,5-8,15H,4,9-14H2. The van der Waals surface area contributed by atoms with E-state index in [4.69, 9.17) is 4.74 Å². The van der Waals surface area contributed by atoms with Crippen LogP contribution in [0.15, 0.2) is 57.9 Å². The molecule has 0 aromatic heterocycles. The average Bonchev–Trinajstić information content (AvgIpc) is 2.71. The molecule has 1 aliphatic heterocycles. The molecule has 29 heavy (non-hydrogen) atoms. The van der Waals surface area contributed by atoms with Gasteiger partial charge in [-0.1, -0.05) is 34.1 Å². The molecule has 3 rings (SSSR count). The van der Waals surface area contributed by atoms with Crippen molar-refractivity contribution in [3.63, 3.8) is 0 Å². The summed E-state index contributed by atoms with van der Waals surface area (Å²) in [6, 6.07) is 12.8. The second-order valence-electron chi connectivity index (χ2n) is 6.62. The molecule has 6 nitrogen and oxygen atoms in total. The van der Waals surface area contributed by atoms with Crippen molar-refractivity contribution < 1.29 is 22.3 Å². The van der Waals surface area contributed by atoms with E-state index in [1.165, 1.54) is 22.5 Å². The minimum absolute atomic E-state index is 0.0363. The highest BCUT2D eigenvalue weighted by Gasteiger charge is 2.31. The molecule has 0 radical (unpaired) electrons. The van der Waals surface area contributed by atoms with Gasteiger partial charge >= 0.3 is 0 Å². The summed E-state index contributed by atoms with van der Waals surface area (Å²) in [5, 5.41) is 0. The fourth-order valence-electron chi connectivity index (χ4n) is 3.10. The Morgan fingerprint density at radius 2 is 1.79 bits per heavy atom. The topological polar surface area (TPSA) is 66.9 Å². The van der Waals surface area contributed by atoms with Crippen molar-refractivity contribution in [1.82, 2.24) is 9.21 Å². The van der Waals surface area contributed by atoms with Crippen molar-refractivity contribution in [2.45, 2.75) is 17.7 Å². The van der Waals surface area contributed by atoms with E-state index in [0.717, 1.165) is 16.3 Å². The summed E-state index contributed by atoms with van der Waals surface area (Å²) in [5.41, 5.74) is 0. The number of carbonyl (C=O) groups excluding carboxylic acids is 1. The summed E-state index contributed by atoms with van der Waals surface area (Å²) >= 11 is 3.38. The van der Waals surface area contributed by atoms with Gasteiger partial charge in [0.2, 0.25) is 15.9 Å². The molecule has 1 amide bonds. The fraction of sp³-hybridized carbons (Fsp3) is 0.350. The van der Waals surface area contributed by atoms with Crippen molar-refractivity contribution in [2.75, 3.05) is 32.8 Å². The van der Waals surface area contributed by atoms with Gasteiger partial charge in [-0.25, -0.2) is 12.8 Å². The highest BCUT2D eigenvalue weighted by Crippen LogP contribution is 2.21. The van der Waals surface area contributed by atoms with E-state index in [9.17, 15) is 17.6 Å². The minimum atomic E-state index is -3.90. The Bertz CT molecular complexity index is 962. The molecule has 0 atom stereocenters. The lowest BCUT2D eigenvalue weighted by molar-refractivity contribution is -0.132. The first-order valence-electron chi connectivity index (χ1n) is 9.29. The summed E-state index contributed by atoms with van der Waals surface area (Å²) in [4.78, 5) is 13.7. The smallest absolute Gasteiger partial charge is 0.246 e. The number of halogens is 2. The quantitative estimate of drug-likeness (QED) is 0.565. The normalized spacial score (nSPS) is 15.3. The maximum absolute atomic E-state index is 13.9. The number of hydrogen-bond donors (Lipinski definition) is 0. The minimum Gasteiger partial charge on any atom is -0.494 e. The Hall–Kier alpha value is -1.97. The molecule has 1 aliphatic rings. The van der Waals surface area contributed by atoms with Crippen molar-refractivity contribution in [3.05, 3.63) is 58.8 Å². The summed E-state index contributed by atoms with van der Waals surface area (Å²) in [5.74, 6) is -0.0685. The third-order valence-electron chi connectivity index (χ3n) is 4.65. The fourth-order valence-corrected chi connectivity index (χ4v) is 4.96. The van der Waals surface area contributed by atoms with Gasteiger partial charge in [-0.2, -0.15) is 4.31 Å². The zero-order valence-corrected chi connectivity index (χ0v) is 18.2.